The lowest BCUT2D eigenvalue weighted by molar-refractivity contribution is -0.126. The Morgan fingerprint density at radius 2 is 2.00 bits per heavy atom. The number of nitrogens with zero attached hydrogens (tertiary/aromatic N) is 3. The molecule has 1 N–H and O–H groups in total. The van der Waals surface area contributed by atoms with Gasteiger partial charge in [-0.25, -0.2) is 4.98 Å². The SMILES string of the molecule is O=C(N[C@H](c1nccs1)[C@@H]1CCCN(Cc2ccncc2)C1)C1CCCC1. The Morgan fingerprint density at radius 3 is 2.74 bits per heavy atom. The molecule has 0 aromatic carbocycles. The second-order valence-electron chi connectivity index (χ2n) is 7.83. The van der Waals surface area contributed by atoms with Gasteiger partial charge < -0.3 is 5.32 Å². The molecule has 5 nitrogen and oxygen atoms in total. The molecule has 4 rings (SSSR count). The number of aromatic nitrogens is 2. The van der Waals surface area contributed by atoms with Gasteiger partial charge in [0.1, 0.15) is 5.01 Å². The normalized spacial score (nSPS) is 22.6. The zero-order valence-corrected chi connectivity index (χ0v) is 16.5. The van der Waals surface area contributed by atoms with Gasteiger partial charge in [0.05, 0.1) is 6.04 Å². The van der Waals surface area contributed by atoms with Gasteiger partial charge in [-0.3, -0.25) is 14.7 Å². The lowest BCUT2D eigenvalue weighted by Crippen LogP contribution is -2.43. The molecule has 1 aliphatic carbocycles. The number of nitrogens with one attached hydrogen (secondary N) is 1. The maximum Gasteiger partial charge on any atom is 0.223 e. The maximum atomic E-state index is 12.8. The van der Waals surface area contributed by atoms with Crippen LogP contribution in [0.15, 0.2) is 36.1 Å². The Labute approximate surface area is 165 Å². The molecular weight excluding hydrogens is 356 g/mol. The highest BCUT2D eigenvalue weighted by Gasteiger charge is 2.33. The van der Waals surface area contributed by atoms with Crippen molar-refractivity contribution < 1.29 is 4.79 Å². The van der Waals surface area contributed by atoms with Gasteiger partial charge >= 0.3 is 0 Å². The first-order valence-electron chi connectivity index (χ1n) is 10.1. The minimum atomic E-state index is 0.0401. The molecule has 2 atom stereocenters. The van der Waals surface area contributed by atoms with Crippen LogP contribution in [0.2, 0.25) is 0 Å². The van der Waals surface area contributed by atoms with Crippen LogP contribution in [0.25, 0.3) is 0 Å². The Balaban J connectivity index is 1.45. The number of hydrogen-bond donors (Lipinski definition) is 1. The van der Waals surface area contributed by atoms with E-state index in [-0.39, 0.29) is 17.9 Å². The monoisotopic (exact) mass is 384 g/mol. The Bertz CT molecular complexity index is 715. The number of carbonyl (C=O) groups is 1. The minimum absolute atomic E-state index is 0.0401. The first kappa shape index (κ1) is 18.6. The van der Waals surface area contributed by atoms with Crippen LogP contribution < -0.4 is 5.32 Å². The summed E-state index contributed by atoms with van der Waals surface area (Å²) in [4.78, 5) is 24.0. The van der Waals surface area contributed by atoms with E-state index in [0.29, 0.717) is 5.92 Å². The summed E-state index contributed by atoms with van der Waals surface area (Å²) in [7, 11) is 0. The van der Waals surface area contributed by atoms with Gasteiger partial charge in [-0.2, -0.15) is 0 Å². The van der Waals surface area contributed by atoms with Crippen molar-refractivity contribution in [2.45, 2.75) is 51.1 Å². The van der Waals surface area contributed by atoms with E-state index in [2.05, 4.69) is 32.3 Å². The molecule has 0 unspecified atom stereocenters. The Morgan fingerprint density at radius 1 is 1.19 bits per heavy atom. The van der Waals surface area contributed by atoms with Crippen LogP contribution in [0, 0.1) is 11.8 Å². The van der Waals surface area contributed by atoms with Crippen molar-refractivity contribution in [3.05, 3.63) is 46.7 Å². The fourth-order valence-corrected chi connectivity index (χ4v) is 5.26. The Kier molecular flexibility index (Phi) is 6.14. The summed E-state index contributed by atoms with van der Waals surface area (Å²) in [6.45, 7) is 3.05. The van der Waals surface area contributed by atoms with Crippen molar-refractivity contribution in [3.63, 3.8) is 0 Å². The molecule has 2 aromatic heterocycles. The Hall–Kier alpha value is -1.79. The van der Waals surface area contributed by atoms with E-state index < -0.39 is 0 Å². The van der Waals surface area contributed by atoms with E-state index >= 15 is 0 Å². The number of carbonyl (C=O) groups excluding carboxylic acids is 1. The molecule has 1 saturated heterocycles. The third-order valence-electron chi connectivity index (χ3n) is 5.91. The lowest BCUT2D eigenvalue weighted by Gasteiger charge is -2.37. The van der Waals surface area contributed by atoms with Gasteiger partial charge in [-0.05, 0) is 55.8 Å². The summed E-state index contributed by atoms with van der Waals surface area (Å²) in [5.41, 5.74) is 1.30. The molecule has 1 amide bonds. The number of hydrogen-bond acceptors (Lipinski definition) is 5. The van der Waals surface area contributed by atoms with Crippen LogP contribution in [-0.4, -0.2) is 33.9 Å². The van der Waals surface area contributed by atoms with Crippen molar-refractivity contribution in [3.8, 4) is 0 Å². The van der Waals surface area contributed by atoms with Crippen molar-refractivity contribution in [2.75, 3.05) is 13.1 Å². The van der Waals surface area contributed by atoms with Crippen molar-refractivity contribution >= 4 is 17.2 Å². The van der Waals surface area contributed by atoms with E-state index in [0.717, 1.165) is 50.3 Å². The van der Waals surface area contributed by atoms with Crippen molar-refractivity contribution in [1.29, 1.82) is 0 Å². The molecule has 0 spiro atoms. The average molecular weight is 385 g/mol. The zero-order valence-electron chi connectivity index (χ0n) is 15.7. The summed E-state index contributed by atoms with van der Waals surface area (Å²) in [5, 5.41) is 6.46. The van der Waals surface area contributed by atoms with Gasteiger partial charge in [-0.1, -0.05) is 12.8 Å². The molecule has 2 fully saturated rings. The molecular formula is C21H28N4OS. The topological polar surface area (TPSA) is 58.1 Å². The molecule has 0 radical (unpaired) electrons. The summed E-state index contributed by atoms with van der Waals surface area (Å²) in [6, 6.07) is 4.21. The highest BCUT2D eigenvalue weighted by molar-refractivity contribution is 7.09. The number of thiazole rings is 1. The van der Waals surface area contributed by atoms with Gasteiger partial charge in [0.25, 0.3) is 0 Å². The maximum absolute atomic E-state index is 12.8. The van der Waals surface area contributed by atoms with Crippen LogP contribution in [-0.2, 0) is 11.3 Å². The van der Waals surface area contributed by atoms with Crippen LogP contribution in [0.1, 0.15) is 55.1 Å². The summed E-state index contributed by atoms with van der Waals surface area (Å²) < 4.78 is 0. The van der Waals surface area contributed by atoms with Gasteiger partial charge in [0.15, 0.2) is 0 Å². The highest BCUT2D eigenvalue weighted by atomic mass is 32.1. The number of rotatable bonds is 6. The van der Waals surface area contributed by atoms with Crippen LogP contribution in [0.5, 0.6) is 0 Å². The van der Waals surface area contributed by atoms with Gasteiger partial charge in [-0.15, -0.1) is 11.3 Å². The van der Waals surface area contributed by atoms with Crippen LogP contribution >= 0.6 is 11.3 Å². The number of likely N-dealkylation sites (tertiary alicyclic amines) is 1. The molecule has 1 aliphatic heterocycles. The molecule has 2 aliphatic rings. The van der Waals surface area contributed by atoms with Crippen LogP contribution in [0.3, 0.4) is 0 Å². The molecule has 144 valence electrons. The highest BCUT2D eigenvalue weighted by Crippen LogP contribution is 2.33. The predicted molar refractivity (Wildman–Crippen MR) is 107 cm³/mol. The summed E-state index contributed by atoms with van der Waals surface area (Å²) in [5.74, 6) is 0.847. The average Bonchev–Trinajstić information content (AvgIpc) is 3.41. The van der Waals surface area contributed by atoms with E-state index in [4.69, 9.17) is 0 Å². The summed E-state index contributed by atoms with van der Waals surface area (Å²) >= 11 is 1.66. The number of piperidine rings is 1. The molecule has 1 saturated carbocycles. The van der Waals surface area contributed by atoms with E-state index in [1.807, 2.05) is 24.0 Å². The van der Waals surface area contributed by atoms with E-state index in [9.17, 15) is 4.79 Å². The third-order valence-corrected chi connectivity index (χ3v) is 6.77. The quantitative estimate of drug-likeness (QED) is 0.823. The summed E-state index contributed by atoms with van der Waals surface area (Å²) in [6.07, 6.45) is 12.3. The fourth-order valence-electron chi connectivity index (χ4n) is 4.48. The molecule has 27 heavy (non-hydrogen) atoms. The lowest BCUT2D eigenvalue weighted by atomic mass is 9.90. The minimum Gasteiger partial charge on any atom is -0.346 e. The molecule has 2 aromatic rings. The standard InChI is InChI=1S/C21H28N4OS/c26-20(17-4-1-2-5-17)24-19(21-23-11-13-27-21)18-6-3-12-25(15-18)14-16-7-9-22-10-8-16/h7-11,13,17-19H,1-6,12,14-15H2,(H,24,26)/t18-,19+/m1/s1. The molecule has 0 bridgehead atoms. The fraction of sp³-hybridized carbons (Fsp3) is 0.571. The first-order chi connectivity index (χ1) is 13.3. The van der Waals surface area contributed by atoms with Gasteiger partial charge in [0.2, 0.25) is 5.91 Å². The van der Waals surface area contributed by atoms with E-state index in [1.165, 1.54) is 18.4 Å². The second kappa shape index (κ2) is 8.93. The van der Waals surface area contributed by atoms with Crippen molar-refractivity contribution in [1.82, 2.24) is 20.2 Å². The number of pyridine rings is 1. The third kappa shape index (κ3) is 4.74. The molecule has 3 heterocycles. The largest absolute Gasteiger partial charge is 0.346 e. The number of amides is 1. The van der Waals surface area contributed by atoms with Gasteiger partial charge in [0, 0.05) is 43.0 Å². The van der Waals surface area contributed by atoms with Crippen molar-refractivity contribution in [2.24, 2.45) is 11.8 Å². The van der Waals surface area contributed by atoms with Crippen LogP contribution in [0.4, 0.5) is 0 Å². The predicted octanol–water partition coefficient (Wildman–Crippen LogP) is 3.80. The van der Waals surface area contributed by atoms with E-state index in [1.54, 1.807) is 11.3 Å². The second-order valence-corrected chi connectivity index (χ2v) is 8.76. The first-order valence-corrected chi connectivity index (χ1v) is 11.0. The molecule has 6 heteroatoms. The zero-order chi connectivity index (χ0) is 18.5. The smallest absolute Gasteiger partial charge is 0.223 e.